The van der Waals surface area contributed by atoms with Crippen LogP contribution in [0.3, 0.4) is 0 Å². The molecular weight excluding hydrogens is 865 g/mol. The molecule has 0 aromatic heterocycles. The van der Waals surface area contributed by atoms with Crippen LogP contribution in [0.5, 0.6) is 0 Å². The first-order valence-corrected chi connectivity index (χ1v) is 29.3. The Morgan fingerprint density at radius 1 is 0.314 bits per heavy atom. The Kier molecular flexibility index (Phi) is 54.9. The Balaban J connectivity index is 4.43. The van der Waals surface area contributed by atoms with Gasteiger partial charge < -0.3 is 14.2 Å². The number of hydrogen-bond acceptors (Lipinski definition) is 6. The van der Waals surface area contributed by atoms with E-state index >= 15 is 0 Å². The second kappa shape index (κ2) is 57.9. The molecule has 400 valence electrons. The molecular formula is C64H108O6. The number of unbranched alkanes of at least 4 members (excludes halogenated alkanes) is 28. The summed E-state index contributed by atoms with van der Waals surface area (Å²) in [7, 11) is 0. The zero-order chi connectivity index (χ0) is 50.7. The fourth-order valence-corrected chi connectivity index (χ4v) is 8.04. The molecule has 1 unspecified atom stereocenters. The fourth-order valence-electron chi connectivity index (χ4n) is 8.04. The first-order valence-electron chi connectivity index (χ1n) is 29.3. The van der Waals surface area contributed by atoms with E-state index < -0.39 is 6.10 Å². The van der Waals surface area contributed by atoms with Gasteiger partial charge in [-0.3, -0.25) is 14.4 Å². The van der Waals surface area contributed by atoms with E-state index in [1.807, 2.05) is 0 Å². The number of hydrogen-bond donors (Lipinski definition) is 0. The zero-order valence-electron chi connectivity index (χ0n) is 45.8. The van der Waals surface area contributed by atoms with Crippen LogP contribution in [0, 0.1) is 0 Å². The molecule has 0 bridgehead atoms. The summed E-state index contributed by atoms with van der Waals surface area (Å²) in [6.07, 6.45) is 76.8. The lowest BCUT2D eigenvalue weighted by molar-refractivity contribution is -0.167. The van der Waals surface area contributed by atoms with Crippen molar-refractivity contribution >= 4 is 17.9 Å². The molecule has 70 heavy (non-hydrogen) atoms. The third-order valence-electron chi connectivity index (χ3n) is 12.4. The second-order valence-corrected chi connectivity index (χ2v) is 19.2. The summed E-state index contributed by atoms with van der Waals surface area (Å²) < 4.78 is 16.9. The first kappa shape index (κ1) is 66.3. The summed E-state index contributed by atoms with van der Waals surface area (Å²) in [6.45, 7) is 6.38. The van der Waals surface area contributed by atoms with Crippen LogP contribution in [-0.4, -0.2) is 37.2 Å². The second-order valence-electron chi connectivity index (χ2n) is 19.2. The molecule has 0 aromatic rings. The molecule has 1 atom stereocenters. The maximum atomic E-state index is 12.9. The first-order chi connectivity index (χ1) is 34.5. The lowest BCUT2D eigenvalue weighted by Gasteiger charge is -2.18. The smallest absolute Gasteiger partial charge is 0.306 e. The van der Waals surface area contributed by atoms with Crippen LogP contribution in [0.4, 0.5) is 0 Å². The van der Waals surface area contributed by atoms with Gasteiger partial charge in [0.25, 0.3) is 0 Å². The standard InChI is InChI=1S/C64H108O6/c1-4-7-10-13-16-19-22-25-28-30-32-34-36-39-42-45-48-51-54-57-63(66)69-60-61(59-68-62(65)56-53-50-47-44-41-38-35-27-24-21-18-15-12-9-6-3)70-64(67)58-55-52-49-46-43-40-37-33-31-29-26-23-20-17-14-11-8-5-2/h7,9-10,12,15-16,18-19,21,24-25,28-29,31,33,37,61H,4-6,8,11,13-14,17,20,22-23,26-27,30,32,34-36,38-60H2,1-3H3/b10-7-,12-9-,18-15-,19-16-,24-21-,28-25-,31-29-,37-33-. The normalized spacial score (nSPS) is 12.8. The molecule has 0 aliphatic heterocycles. The SMILES string of the molecule is CC\C=C/C=C\C=C/CCCCCCCCCC(=O)OCC(COC(=O)CCCCCCCCCCC/C=C\C/C=C\C/C=C\CC)OC(=O)CCCCCCC/C=C\C=C/CCCCCCCCC. The van der Waals surface area contributed by atoms with E-state index in [4.69, 9.17) is 14.2 Å². The Bertz CT molecular complexity index is 1400. The summed E-state index contributed by atoms with van der Waals surface area (Å²) in [5.41, 5.74) is 0. The highest BCUT2D eigenvalue weighted by Gasteiger charge is 2.19. The van der Waals surface area contributed by atoms with Gasteiger partial charge in [-0.15, -0.1) is 0 Å². The highest BCUT2D eigenvalue weighted by Crippen LogP contribution is 2.15. The Morgan fingerprint density at radius 3 is 1.04 bits per heavy atom. The van der Waals surface area contributed by atoms with Crippen LogP contribution in [0.1, 0.15) is 271 Å². The van der Waals surface area contributed by atoms with Crippen LogP contribution in [0.15, 0.2) is 97.2 Å². The maximum Gasteiger partial charge on any atom is 0.306 e. The van der Waals surface area contributed by atoms with E-state index in [0.29, 0.717) is 19.3 Å². The molecule has 0 N–H and O–H groups in total. The Morgan fingerprint density at radius 2 is 0.629 bits per heavy atom. The lowest BCUT2D eigenvalue weighted by Crippen LogP contribution is -2.30. The van der Waals surface area contributed by atoms with Crippen LogP contribution in [-0.2, 0) is 28.6 Å². The van der Waals surface area contributed by atoms with Crippen molar-refractivity contribution < 1.29 is 28.6 Å². The van der Waals surface area contributed by atoms with E-state index in [0.717, 1.165) is 109 Å². The summed E-state index contributed by atoms with van der Waals surface area (Å²) >= 11 is 0. The van der Waals surface area contributed by atoms with E-state index in [-0.39, 0.29) is 31.1 Å². The number of rotatable bonds is 52. The molecule has 0 saturated carbocycles. The number of carbonyl (C=O) groups excluding carboxylic acids is 3. The predicted octanol–water partition coefficient (Wildman–Crippen LogP) is 19.7. The fraction of sp³-hybridized carbons (Fsp3) is 0.703. The quantitative estimate of drug-likeness (QED) is 0.0199. The molecule has 0 rings (SSSR count). The van der Waals surface area contributed by atoms with Gasteiger partial charge in [0.15, 0.2) is 6.10 Å². The van der Waals surface area contributed by atoms with Gasteiger partial charge in [0, 0.05) is 19.3 Å². The van der Waals surface area contributed by atoms with Crippen molar-refractivity contribution in [3.8, 4) is 0 Å². The number of carbonyl (C=O) groups is 3. The minimum atomic E-state index is -0.795. The Hall–Kier alpha value is -3.67. The van der Waals surface area contributed by atoms with Crippen molar-refractivity contribution in [3.63, 3.8) is 0 Å². The molecule has 0 aliphatic rings. The summed E-state index contributed by atoms with van der Waals surface area (Å²) in [4.78, 5) is 38.2. The molecule has 0 spiro atoms. The molecule has 0 radical (unpaired) electrons. The minimum absolute atomic E-state index is 0.0910. The van der Waals surface area contributed by atoms with Gasteiger partial charge in [-0.1, -0.05) is 253 Å². The van der Waals surface area contributed by atoms with Crippen molar-refractivity contribution in [3.05, 3.63) is 97.2 Å². The van der Waals surface area contributed by atoms with Crippen molar-refractivity contribution in [1.82, 2.24) is 0 Å². The van der Waals surface area contributed by atoms with Crippen LogP contribution in [0.2, 0.25) is 0 Å². The van der Waals surface area contributed by atoms with E-state index in [1.54, 1.807) is 0 Å². The zero-order valence-corrected chi connectivity index (χ0v) is 45.8. The summed E-state index contributed by atoms with van der Waals surface area (Å²) in [6, 6.07) is 0. The third-order valence-corrected chi connectivity index (χ3v) is 12.4. The number of allylic oxidation sites excluding steroid dienone is 16. The summed E-state index contributed by atoms with van der Waals surface area (Å²) in [5.74, 6) is -0.919. The number of ether oxygens (including phenoxy) is 3. The van der Waals surface area contributed by atoms with E-state index in [1.165, 1.54) is 122 Å². The molecule has 6 heteroatoms. The molecule has 0 heterocycles. The van der Waals surface area contributed by atoms with E-state index in [9.17, 15) is 14.4 Å². The monoisotopic (exact) mass is 973 g/mol. The molecule has 0 aromatic carbocycles. The van der Waals surface area contributed by atoms with Gasteiger partial charge in [0.05, 0.1) is 0 Å². The van der Waals surface area contributed by atoms with Crippen molar-refractivity contribution in [1.29, 1.82) is 0 Å². The van der Waals surface area contributed by atoms with Gasteiger partial charge in [-0.2, -0.15) is 0 Å². The summed E-state index contributed by atoms with van der Waals surface area (Å²) in [5, 5.41) is 0. The van der Waals surface area contributed by atoms with Crippen molar-refractivity contribution in [2.45, 2.75) is 277 Å². The highest BCUT2D eigenvalue weighted by atomic mass is 16.6. The van der Waals surface area contributed by atoms with Crippen molar-refractivity contribution in [2.75, 3.05) is 13.2 Å². The Labute approximate surface area is 432 Å². The average Bonchev–Trinajstić information content (AvgIpc) is 3.36. The van der Waals surface area contributed by atoms with Gasteiger partial charge in [0.1, 0.15) is 13.2 Å². The molecule has 0 saturated heterocycles. The van der Waals surface area contributed by atoms with Crippen LogP contribution >= 0.6 is 0 Å². The highest BCUT2D eigenvalue weighted by molar-refractivity contribution is 5.71. The van der Waals surface area contributed by atoms with Gasteiger partial charge >= 0.3 is 17.9 Å². The van der Waals surface area contributed by atoms with Crippen LogP contribution in [0.25, 0.3) is 0 Å². The lowest BCUT2D eigenvalue weighted by atomic mass is 10.1. The third kappa shape index (κ3) is 55.3. The maximum absolute atomic E-state index is 12.9. The molecule has 0 fully saturated rings. The van der Waals surface area contributed by atoms with Gasteiger partial charge in [-0.05, 0) is 96.3 Å². The van der Waals surface area contributed by atoms with E-state index in [2.05, 4.69) is 118 Å². The van der Waals surface area contributed by atoms with Crippen molar-refractivity contribution in [2.24, 2.45) is 0 Å². The molecule has 0 amide bonds. The topological polar surface area (TPSA) is 78.9 Å². The molecule has 6 nitrogen and oxygen atoms in total. The number of esters is 3. The molecule has 0 aliphatic carbocycles. The van der Waals surface area contributed by atoms with Gasteiger partial charge in [-0.25, -0.2) is 0 Å². The van der Waals surface area contributed by atoms with Crippen LogP contribution < -0.4 is 0 Å². The predicted molar refractivity (Wildman–Crippen MR) is 302 cm³/mol. The van der Waals surface area contributed by atoms with Gasteiger partial charge in [0.2, 0.25) is 0 Å². The minimum Gasteiger partial charge on any atom is -0.462 e. The average molecular weight is 974 g/mol. The largest absolute Gasteiger partial charge is 0.462 e.